The second kappa shape index (κ2) is 13.6. The molecule has 2 atom stereocenters. The van der Waals surface area contributed by atoms with Gasteiger partial charge in [0.1, 0.15) is 6.04 Å². The van der Waals surface area contributed by atoms with Crippen molar-refractivity contribution >= 4 is 43.1 Å². The van der Waals surface area contributed by atoms with Gasteiger partial charge in [-0.05, 0) is 41.7 Å². The van der Waals surface area contributed by atoms with Gasteiger partial charge in [0.2, 0.25) is 11.8 Å². The van der Waals surface area contributed by atoms with E-state index in [1.165, 1.54) is 12.1 Å². The fourth-order valence-electron chi connectivity index (χ4n) is 5.87. The summed E-state index contributed by atoms with van der Waals surface area (Å²) in [4.78, 5) is 79.6. The van der Waals surface area contributed by atoms with Crippen LogP contribution in [0.5, 0.6) is 0 Å². The normalized spacial score (nSPS) is 14.5. The largest absolute Gasteiger partial charge is 0.410 e. The maximum absolute atomic E-state index is 13.8. The highest BCUT2D eigenvalue weighted by molar-refractivity contribution is 6.65. The minimum Gasteiger partial charge on any atom is -0.410 e. The van der Waals surface area contributed by atoms with Crippen molar-refractivity contribution in [2.45, 2.75) is 45.3 Å². The average molecular weight is 627 g/mol. The van der Waals surface area contributed by atoms with Crippen molar-refractivity contribution in [2.75, 3.05) is 6.17 Å². The van der Waals surface area contributed by atoms with Crippen LogP contribution in [0.3, 0.4) is 0 Å². The first kappa shape index (κ1) is 31.8. The van der Waals surface area contributed by atoms with Crippen LogP contribution in [0.1, 0.15) is 52.1 Å². The van der Waals surface area contributed by atoms with Crippen LogP contribution in [0, 0.1) is 11.8 Å². The molecule has 11 heteroatoms. The number of nitrogens with one attached hydrogen (secondary N) is 3. The number of hydrogen-bond acceptors (Lipinski definition) is 6. The van der Waals surface area contributed by atoms with E-state index in [2.05, 4.69) is 15.6 Å². The lowest BCUT2D eigenvalue weighted by molar-refractivity contribution is -0.131. The standard InChI is InChI=1S/C34H38N4O6Si/c1-22(2)16-25(20-45(43,44)21-38-33(41)27-13-6-7-14-28(27)34(38)42)31(39)37-30(32(40)36-18-23-10-4-3-5-11-23)17-24-19-35-29-15-9-8-12-26(24)29/h3-15,19,22,25,30,35,43-44H,16-18,20-21H2,1-2H3,(H,36,40)(H,37,39)/t25-,30-/m0/s1. The number of benzene rings is 3. The molecule has 2 heterocycles. The molecule has 0 saturated heterocycles. The maximum atomic E-state index is 13.8. The topological polar surface area (TPSA) is 152 Å². The molecule has 1 aliphatic heterocycles. The monoisotopic (exact) mass is 626 g/mol. The SMILES string of the molecule is CC(C)C[C@@H](C[Si](O)(O)CN1C(=O)c2ccccc2C1=O)C(=O)N[C@@H](Cc1c[nH]c2ccccc12)C(=O)NCc1ccccc1. The first-order chi connectivity index (χ1) is 21.5. The molecular formula is C34H38N4O6Si. The molecule has 0 radical (unpaired) electrons. The molecule has 0 unspecified atom stereocenters. The number of imide groups is 1. The Hall–Kier alpha value is -4.58. The molecule has 3 aromatic carbocycles. The van der Waals surface area contributed by atoms with E-state index >= 15 is 0 Å². The van der Waals surface area contributed by atoms with Crippen LogP contribution in [0.15, 0.2) is 85.1 Å². The lowest BCUT2D eigenvalue weighted by Gasteiger charge is -2.29. The third-order valence-corrected chi connectivity index (χ3v) is 10.0. The quantitative estimate of drug-likeness (QED) is 0.113. The molecule has 234 valence electrons. The van der Waals surface area contributed by atoms with Gasteiger partial charge < -0.3 is 25.2 Å². The van der Waals surface area contributed by atoms with Crippen molar-refractivity contribution in [3.05, 3.63) is 107 Å². The van der Waals surface area contributed by atoms with E-state index in [1.807, 2.05) is 74.6 Å². The molecule has 4 aromatic rings. The molecule has 5 N–H and O–H groups in total. The zero-order valence-corrected chi connectivity index (χ0v) is 26.3. The van der Waals surface area contributed by atoms with Gasteiger partial charge in [-0.1, -0.05) is 74.5 Å². The summed E-state index contributed by atoms with van der Waals surface area (Å²) in [5.41, 5.74) is 3.09. The molecule has 5 rings (SSSR count). The Morgan fingerprint density at radius 3 is 2.16 bits per heavy atom. The summed E-state index contributed by atoms with van der Waals surface area (Å²) in [6.45, 7) is 4.11. The van der Waals surface area contributed by atoms with E-state index < -0.39 is 44.4 Å². The van der Waals surface area contributed by atoms with Gasteiger partial charge in [-0.15, -0.1) is 0 Å². The number of carbonyl (C=O) groups is 4. The first-order valence-electron chi connectivity index (χ1n) is 15.1. The van der Waals surface area contributed by atoms with Crippen molar-refractivity contribution < 1.29 is 28.8 Å². The zero-order chi connectivity index (χ0) is 32.1. The van der Waals surface area contributed by atoms with E-state index in [1.54, 1.807) is 12.1 Å². The summed E-state index contributed by atoms with van der Waals surface area (Å²) in [6, 6.07) is 22.2. The summed E-state index contributed by atoms with van der Waals surface area (Å²) in [5.74, 6) is -2.89. The Labute approximate surface area is 262 Å². The predicted octanol–water partition coefficient (Wildman–Crippen LogP) is 3.44. The van der Waals surface area contributed by atoms with Crippen LogP contribution >= 0.6 is 0 Å². The van der Waals surface area contributed by atoms with E-state index in [0.29, 0.717) is 6.42 Å². The Kier molecular flexibility index (Phi) is 9.62. The van der Waals surface area contributed by atoms with Gasteiger partial charge in [-0.3, -0.25) is 24.1 Å². The molecule has 1 aliphatic rings. The first-order valence-corrected chi connectivity index (χ1v) is 17.4. The molecule has 10 nitrogen and oxygen atoms in total. The van der Waals surface area contributed by atoms with Crippen LogP contribution in [-0.4, -0.2) is 63.9 Å². The molecule has 4 amide bonds. The molecule has 45 heavy (non-hydrogen) atoms. The molecule has 0 saturated carbocycles. The Morgan fingerprint density at radius 1 is 0.867 bits per heavy atom. The smallest absolute Gasteiger partial charge is 0.354 e. The third kappa shape index (κ3) is 7.56. The fourth-order valence-corrected chi connectivity index (χ4v) is 7.94. The number of H-pyrrole nitrogens is 1. The highest BCUT2D eigenvalue weighted by Crippen LogP contribution is 2.27. The van der Waals surface area contributed by atoms with Crippen LogP contribution < -0.4 is 10.6 Å². The predicted molar refractivity (Wildman–Crippen MR) is 172 cm³/mol. The molecule has 0 bridgehead atoms. The Bertz CT molecular complexity index is 1670. The van der Waals surface area contributed by atoms with Gasteiger partial charge in [-0.2, -0.15) is 0 Å². The van der Waals surface area contributed by atoms with Gasteiger partial charge in [0.05, 0.1) is 17.3 Å². The average Bonchev–Trinajstić information content (AvgIpc) is 3.53. The van der Waals surface area contributed by atoms with Crippen LogP contribution in [-0.2, 0) is 22.6 Å². The molecule has 0 aliphatic carbocycles. The van der Waals surface area contributed by atoms with Crippen LogP contribution in [0.4, 0.5) is 0 Å². The number of carbonyl (C=O) groups excluding carboxylic acids is 4. The van der Waals surface area contributed by atoms with Crippen molar-refractivity contribution in [3.8, 4) is 0 Å². The van der Waals surface area contributed by atoms with E-state index in [-0.39, 0.29) is 42.0 Å². The van der Waals surface area contributed by atoms with Gasteiger partial charge in [-0.25, -0.2) is 0 Å². The van der Waals surface area contributed by atoms with Gasteiger partial charge >= 0.3 is 8.56 Å². The van der Waals surface area contributed by atoms with Gasteiger partial charge in [0.15, 0.2) is 0 Å². The minimum absolute atomic E-state index is 0.0174. The summed E-state index contributed by atoms with van der Waals surface area (Å²) in [7, 11) is -4.30. The lowest BCUT2D eigenvalue weighted by Crippen LogP contribution is -2.54. The van der Waals surface area contributed by atoms with Gasteiger partial charge in [0.25, 0.3) is 11.8 Å². The number of rotatable bonds is 13. The second-order valence-electron chi connectivity index (χ2n) is 12.1. The Balaban J connectivity index is 1.33. The molecular weight excluding hydrogens is 588 g/mol. The number of hydrogen-bond donors (Lipinski definition) is 5. The second-order valence-corrected chi connectivity index (χ2v) is 14.8. The lowest BCUT2D eigenvalue weighted by atomic mass is 9.96. The number of nitrogens with zero attached hydrogens (tertiary/aromatic N) is 1. The van der Waals surface area contributed by atoms with Gasteiger partial charge in [0, 0.05) is 42.0 Å². The van der Waals surface area contributed by atoms with E-state index in [0.717, 1.165) is 26.9 Å². The molecule has 1 aromatic heterocycles. The highest BCUT2D eigenvalue weighted by Gasteiger charge is 2.44. The zero-order valence-electron chi connectivity index (χ0n) is 25.3. The number of fused-ring (bicyclic) bond motifs is 2. The summed E-state index contributed by atoms with van der Waals surface area (Å²) in [6.07, 6.45) is 1.79. The summed E-state index contributed by atoms with van der Waals surface area (Å²) < 4.78 is 0. The fraction of sp³-hybridized carbons (Fsp3) is 0.294. The Morgan fingerprint density at radius 2 is 1.49 bits per heavy atom. The number of aromatic nitrogens is 1. The molecule has 0 fully saturated rings. The van der Waals surface area contributed by atoms with Crippen molar-refractivity contribution in [1.82, 2.24) is 20.5 Å². The maximum Gasteiger partial charge on any atom is 0.354 e. The highest BCUT2D eigenvalue weighted by atomic mass is 28.4. The number of aromatic amines is 1. The van der Waals surface area contributed by atoms with Crippen LogP contribution in [0.25, 0.3) is 10.9 Å². The van der Waals surface area contributed by atoms with Crippen molar-refractivity contribution in [3.63, 3.8) is 0 Å². The van der Waals surface area contributed by atoms with E-state index in [4.69, 9.17) is 0 Å². The number of amides is 4. The number of para-hydroxylation sites is 1. The van der Waals surface area contributed by atoms with E-state index in [9.17, 15) is 28.8 Å². The van der Waals surface area contributed by atoms with Crippen LogP contribution in [0.2, 0.25) is 6.04 Å². The van der Waals surface area contributed by atoms with Crippen molar-refractivity contribution in [2.24, 2.45) is 11.8 Å². The summed E-state index contributed by atoms with van der Waals surface area (Å²) >= 11 is 0. The summed E-state index contributed by atoms with van der Waals surface area (Å²) in [5, 5.41) is 6.76. The minimum atomic E-state index is -4.30. The van der Waals surface area contributed by atoms with Crippen molar-refractivity contribution in [1.29, 1.82) is 0 Å². The third-order valence-electron chi connectivity index (χ3n) is 8.03. The molecule has 0 spiro atoms.